The molecule has 3 amide bonds. The van der Waals surface area contributed by atoms with Crippen LogP contribution in [0.2, 0.25) is 0 Å². The highest BCUT2D eigenvalue weighted by Gasteiger charge is 2.19. The smallest absolute Gasteiger partial charge is 0.294 e. The zero-order valence-corrected chi connectivity index (χ0v) is 28.1. The molecule has 0 bridgehead atoms. The highest BCUT2D eigenvalue weighted by molar-refractivity contribution is 7.86. The van der Waals surface area contributed by atoms with Crippen molar-refractivity contribution in [3.63, 3.8) is 0 Å². The molecule has 0 aliphatic heterocycles. The molecule has 0 saturated carbocycles. The number of benzene rings is 6. The maximum absolute atomic E-state index is 13.7. The lowest BCUT2D eigenvalue weighted by molar-refractivity contribution is 0.101. The highest BCUT2D eigenvalue weighted by atomic mass is 32.2. The number of amides is 3. The fraction of sp³-hybridized carbons (Fsp3) is 0.0278. The van der Waals surface area contributed by atoms with E-state index in [4.69, 9.17) is 4.74 Å². The molecule has 0 heterocycles. The van der Waals surface area contributed by atoms with Crippen LogP contribution in [0.4, 0.5) is 17.1 Å². The van der Waals surface area contributed by atoms with Crippen molar-refractivity contribution in [3.05, 3.63) is 132 Å². The molecule has 0 saturated heterocycles. The first-order valence-electron chi connectivity index (χ1n) is 14.9. The first-order chi connectivity index (χ1) is 24.2. The summed E-state index contributed by atoms with van der Waals surface area (Å²) < 4.78 is 70.7. The quantitative estimate of drug-likeness (QED) is 0.106. The van der Waals surface area contributed by atoms with Crippen LogP contribution in [0.5, 0.6) is 5.75 Å². The molecule has 51 heavy (non-hydrogen) atoms. The fourth-order valence-electron chi connectivity index (χ4n) is 5.36. The zero-order chi connectivity index (χ0) is 36.5. The van der Waals surface area contributed by atoms with Crippen molar-refractivity contribution in [3.8, 4) is 5.75 Å². The van der Waals surface area contributed by atoms with Gasteiger partial charge in [-0.15, -0.1) is 0 Å². The van der Waals surface area contributed by atoms with E-state index >= 15 is 0 Å². The minimum atomic E-state index is -4.47. The van der Waals surface area contributed by atoms with Crippen LogP contribution >= 0.6 is 0 Å². The van der Waals surface area contributed by atoms with Crippen molar-refractivity contribution >= 4 is 76.6 Å². The average molecular weight is 726 g/mol. The van der Waals surface area contributed by atoms with E-state index in [0.29, 0.717) is 38.7 Å². The maximum atomic E-state index is 13.7. The summed E-state index contributed by atoms with van der Waals surface area (Å²) >= 11 is 0. The molecule has 6 aromatic carbocycles. The Kier molecular flexibility index (Phi) is 9.29. The summed E-state index contributed by atoms with van der Waals surface area (Å²) in [5, 5.41) is 10.0. The minimum absolute atomic E-state index is 0.0186. The number of carbonyl (C=O) groups excluding carboxylic acids is 3. The van der Waals surface area contributed by atoms with Crippen LogP contribution in [-0.2, 0) is 20.2 Å². The summed E-state index contributed by atoms with van der Waals surface area (Å²) in [4.78, 5) is 40.0. The van der Waals surface area contributed by atoms with Gasteiger partial charge in [0.15, 0.2) is 0 Å². The van der Waals surface area contributed by atoms with Crippen molar-refractivity contribution in [2.24, 2.45) is 0 Å². The van der Waals surface area contributed by atoms with Gasteiger partial charge in [0, 0.05) is 44.5 Å². The third kappa shape index (κ3) is 7.71. The van der Waals surface area contributed by atoms with Gasteiger partial charge in [0.05, 0.1) is 16.9 Å². The monoisotopic (exact) mass is 725 g/mol. The van der Waals surface area contributed by atoms with E-state index in [2.05, 4.69) is 16.0 Å². The highest BCUT2D eigenvalue weighted by Crippen LogP contribution is 2.29. The SMILES string of the molecule is COc1ccc(C(=O)Nc2cc(C(=O)Nc3cccc4cc(S(=O)(=O)O)ccc34)cc(C(=O)Nc3cccc4cc(S(=O)(=O)O)ccc34)c2)cc1. The normalized spacial score (nSPS) is 11.6. The molecule has 13 nitrogen and oxygen atoms in total. The number of hydrogen-bond donors (Lipinski definition) is 5. The van der Waals surface area contributed by atoms with Crippen LogP contribution in [0.1, 0.15) is 31.1 Å². The summed E-state index contributed by atoms with van der Waals surface area (Å²) in [6, 6.07) is 27.7. The number of nitrogens with one attached hydrogen (secondary N) is 3. The number of methoxy groups -OCH3 is 1. The lowest BCUT2D eigenvalue weighted by Crippen LogP contribution is -2.18. The van der Waals surface area contributed by atoms with E-state index in [-0.39, 0.29) is 32.2 Å². The second-order valence-corrected chi connectivity index (χ2v) is 14.1. The van der Waals surface area contributed by atoms with Crippen molar-refractivity contribution < 1.29 is 45.1 Å². The van der Waals surface area contributed by atoms with Gasteiger partial charge in [0.1, 0.15) is 5.75 Å². The second kappa shape index (κ2) is 13.6. The van der Waals surface area contributed by atoms with Gasteiger partial charge in [-0.1, -0.05) is 36.4 Å². The summed E-state index contributed by atoms with van der Waals surface area (Å²) in [6.07, 6.45) is 0. The maximum Gasteiger partial charge on any atom is 0.294 e. The molecule has 0 fully saturated rings. The van der Waals surface area contributed by atoms with E-state index in [9.17, 15) is 40.3 Å². The van der Waals surface area contributed by atoms with Crippen molar-refractivity contribution in [2.45, 2.75) is 9.79 Å². The molecular formula is C36H27N3O10S2. The van der Waals surface area contributed by atoms with Crippen molar-refractivity contribution in [2.75, 3.05) is 23.1 Å². The molecule has 0 atom stereocenters. The average Bonchev–Trinajstić information content (AvgIpc) is 3.10. The molecular weight excluding hydrogens is 699 g/mol. The number of carbonyl (C=O) groups is 3. The van der Waals surface area contributed by atoms with Crippen LogP contribution in [0.3, 0.4) is 0 Å². The number of fused-ring (bicyclic) bond motifs is 2. The standard InChI is InChI=1S/C36H27N3O10S2/c1-49-27-10-8-21(9-11-27)34(40)37-26-17-24(35(41)38-32-6-2-4-22-19-28(50(43,44)45)12-14-30(22)32)16-25(18-26)36(42)39-33-7-3-5-23-20-29(51(46,47)48)13-15-31(23)33/h2-20H,1H3,(H,37,40)(H,38,41)(H,39,42)(H,43,44,45)(H,46,47,48). The Labute approximate surface area is 291 Å². The Morgan fingerprint density at radius 2 is 0.980 bits per heavy atom. The predicted molar refractivity (Wildman–Crippen MR) is 191 cm³/mol. The van der Waals surface area contributed by atoms with E-state index < -0.39 is 38.0 Å². The Morgan fingerprint density at radius 3 is 1.41 bits per heavy atom. The molecule has 5 N–H and O–H groups in total. The Balaban J connectivity index is 1.35. The molecule has 0 aromatic heterocycles. The molecule has 6 rings (SSSR count). The van der Waals surface area contributed by atoms with Gasteiger partial charge < -0.3 is 20.7 Å². The van der Waals surface area contributed by atoms with Crippen LogP contribution in [0.15, 0.2) is 125 Å². The predicted octanol–water partition coefficient (Wildman–Crippen LogP) is 6.25. The van der Waals surface area contributed by atoms with Crippen molar-refractivity contribution in [1.82, 2.24) is 0 Å². The summed E-state index contributed by atoms with van der Waals surface area (Å²) in [6.45, 7) is 0. The van der Waals surface area contributed by atoms with E-state index in [0.717, 1.165) is 0 Å². The van der Waals surface area contributed by atoms with Gasteiger partial charge in [-0.05, 0) is 89.6 Å². The Morgan fingerprint density at radius 1 is 0.529 bits per heavy atom. The van der Waals surface area contributed by atoms with Crippen molar-refractivity contribution in [1.29, 1.82) is 0 Å². The lowest BCUT2D eigenvalue weighted by atomic mass is 10.0. The molecule has 0 spiro atoms. The molecule has 6 aromatic rings. The molecule has 258 valence electrons. The molecule has 0 unspecified atom stereocenters. The first kappa shape index (κ1) is 34.7. The third-order valence-electron chi connectivity index (χ3n) is 7.86. The van der Waals surface area contributed by atoms with Gasteiger partial charge in [-0.25, -0.2) is 0 Å². The van der Waals surface area contributed by atoms with Gasteiger partial charge in [0.2, 0.25) is 0 Å². The lowest BCUT2D eigenvalue weighted by Gasteiger charge is -2.14. The first-order valence-corrected chi connectivity index (χ1v) is 17.8. The molecule has 0 radical (unpaired) electrons. The molecule has 15 heteroatoms. The number of hydrogen-bond acceptors (Lipinski definition) is 8. The third-order valence-corrected chi connectivity index (χ3v) is 9.56. The second-order valence-electron chi connectivity index (χ2n) is 11.2. The van der Waals surface area contributed by atoms with E-state index in [1.807, 2.05) is 0 Å². The van der Waals surface area contributed by atoms with Gasteiger partial charge in [-0.2, -0.15) is 16.8 Å². The summed E-state index contributed by atoms with van der Waals surface area (Å²) in [5.41, 5.74) is 0.956. The largest absolute Gasteiger partial charge is 0.497 e. The molecule has 0 aliphatic rings. The van der Waals surface area contributed by atoms with Gasteiger partial charge in [0.25, 0.3) is 38.0 Å². The topological polar surface area (TPSA) is 205 Å². The number of rotatable bonds is 9. The van der Waals surface area contributed by atoms with Gasteiger partial charge >= 0.3 is 0 Å². The van der Waals surface area contributed by atoms with Gasteiger partial charge in [-0.3, -0.25) is 23.5 Å². The van der Waals surface area contributed by atoms with Crippen LogP contribution < -0.4 is 20.7 Å². The zero-order valence-electron chi connectivity index (χ0n) is 26.4. The van der Waals surface area contributed by atoms with Crippen LogP contribution in [-0.4, -0.2) is 50.8 Å². The Bertz CT molecular complexity index is 2460. The Hall–Kier alpha value is -6.13. The fourth-order valence-corrected chi connectivity index (χ4v) is 6.39. The number of ether oxygens (including phenoxy) is 1. The summed E-state index contributed by atoms with van der Waals surface area (Å²) in [7, 11) is -7.45. The van der Waals surface area contributed by atoms with E-state index in [1.54, 1.807) is 60.7 Å². The van der Waals surface area contributed by atoms with Crippen LogP contribution in [0, 0.1) is 0 Å². The minimum Gasteiger partial charge on any atom is -0.497 e. The number of anilines is 3. The summed E-state index contributed by atoms with van der Waals surface area (Å²) in [5.74, 6) is -1.33. The van der Waals surface area contributed by atoms with E-state index in [1.165, 1.54) is 61.7 Å². The molecule has 0 aliphatic carbocycles. The van der Waals surface area contributed by atoms with Crippen LogP contribution in [0.25, 0.3) is 21.5 Å².